The van der Waals surface area contributed by atoms with Gasteiger partial charge in [0, 0.05) is 13.1 Å². The van der Waals surface area contributed by atoms with E-state index in [9.17, 15) is 4.79 Å². The number of aryl methyl sites for hydroxylation is 1. The summed E-state index contributed by atoms with van der Waals surface area (Å²) in [7, 11) is 1.48. The molecule has 0 aliphatic carbocycles. The quantitative estimate of drug-likeness (QED) is 0.507. The van der Waals surface area contributed by atoms with Crippen LogP contribution >= 0.6 is 11.6 Å². The molecule has 0 unspecified atom stereocenters. The molecule has 1 aromatic heterocycles. The highest BCUT2D eigenvalue weighted by Crippen LogP contribution is 2.32. The second-order valence-electron chi connectivity index (χ2n) is 3.96. The number of ether oxygens (including phenoxy) is 1. The number of nitrogens with zero attached hydrogens (tertiary/aromatic N) is 4. The Kier molecular flexibility index (Phi) is 3.84. The largest absolute Gasteiger partial charge is 0.479 e. The topological polar surface area (TPSA) is 79.7 Å². The van der Waals surface area contributed by atoms with E-state index >= 15 is 0 Å². The van der Waals surface area contributed by atoms with Crippen molar-refractivity contribution in [3.05, 3.63) is 11.0 Å². The lowest BCUT2D eigenvalue weighted by atomic mass is 10.4. The van der Waals surface area contributed by atoms with Gasteiger partial charge in [-0.05, 0) is 13.8 Å². The van der Waals surface area contributed by atoms with Crippen LogP contribution in [0.3, 0.4) is 0 Å². The first-order chi connectivity index (χ1) is 9.02. The maximum Gasteiger partial charge on any atom is 0.322 e. The average Bonchev–Trinajstić information content (AvgIpc) is 2.78. The number of hydrogen-bond acceptors (Lipinski definition) is 5. The number of amides is 2. The molecule has 102 valence electrons. The third-order valence-corrected chi connectivity index (χ3v) is 2.90. The minimum absolute atomic E-state index is 0.177. The molecule has 1 saturated heterocycles. The van der Waals surface area contributed by atoms with Crippen LogP contribution in [0, 0.1) is 6.92 Å². The number of aliphatic imine (C=N–C) groups is 1. The summed E-state index contributed by atoms with van der Waals surface area (Å²) in [6.45, 7) is 4.60. The lowest BCUT2D eigenvalue weighted by Gasteiger charge is -2.14. The van der Waals surface area contributed by atoms with E-state index in [0.717, 1.165) is 0 Å². The molecule has 1 fully saturated rings. The Labute approximate surface area is 115 Å². The number of methoxy groups -OCH3 is 1. The van der Waals surface area contributed by atoms with Gasteiger partial charge in [-0.15, -0.1) is 0 Å². The van der Waals surface area contributed by atoms with Gasteiger partial charge in [0.2, 0.25) is 5.88 Å². The minimum Gasteiger partial charge on any atom is -0.479 e. The summed E-state index contributed by atoms with van der Waals surface area (Å²) in [5.74, 6) is 1.30. The molecule has 2 rings (SSSR count). The molecule has 1 aliphatic heterocycles. The van der Waals surface area contributed by atoms with Gasteiger partial charge in [0.1, 0.15) is 11.7 Å². The van der Waals surface area contributed by atoms with Crippen molar-refractivity contribution in [2.75, 3.05) is 20.2 Å². The summed E-state index contributed by atoms with van der Waals surface area (Å²) >= 11 is 6.04. The molecule has 19 heavy (non-hydrogen) atoms. The number of amidine groups is 1. The number of nitrogens with one attached hydrogen (secondary N) is 1. The normalized spacial score (nSPS) is 15.7. The van der Waals surface area contributed by atoms with E-state index in [1.807, 2.05) is 0 Å². The number of carbonyl (C=O) groups excluding carboxylic acids is 1. The molecular formula is C11H14ClN5O2. The summed E-state index contributed by atoms with van der Waals surface area (Å²) < 4.78 is 5.14. The predicted molar refractivity (Wildman–Crippen MR) is 71.2 cm³/mol. The van der Waals surface area contributed by atoms with Crippen LogP contribution in [0.4, 0.5) is 10.5 Å². The van der Waals surface area contributed by atoms with Gasteiger partial charge in [0.25, 0.3) is 0 Å². The molecule has 1 aliphatic rings. The highest BCUT2D eigenvalue weighted by Gasteiger charge is 2.23. The molecule has 1 aromatic rings. The van der Waals surface area contributed by atoms with Crippen LogP contribution in [0.15, 0.2) is 4.99 Å². The van der Waals surface area contributed by atoms with E-state index < -0.39 is 0 Å². The second-order valence-corrected chi connectivity index (χ2v) is 4.32. The van der Waals surface area contributed by atoms with E-state index in [1.54, 1.807) is 13.8 Å². The number of halogens is 1. The van der Waals surface area contributed by atoms with Crippen molar-refractivity contribution in [3.63, 3.8) is 0 Å². The smallest absolute Gasteiger partial charge is 0.322 e. The molecule has 1 N–H and O–H groups in total. The molecular weight excluding hydrogens is 270 g/mol. The maximum atomic E-state index is 11.5. The van der Waals surface area contributed by atoms with E-state index in [0.29, 0.717) is 30.4 Å². The maximum absolute atomic E-state index is 11.5. The Morgan fingerprint density at radius 1 is 1.53 bits per heavy atom. The summed E-state index contributed by atoms with van der Waals surface area (Å²) in [6.07, 6.45) is 0. The highest BCUT2D eigenvalue weighted by atomic mass is 35.5. The zero-order valence-corrected chi connectivity index (χ0v) is 11.7. The zero-order chi connectivity index (χ0) is 14.0. The van der Waals surface area contributed by atoms with E-state index in [1.165, 1.54) is 12.0 Å². The minimum atomic E-state index is -0.177. The van der Waals surface area contributed by atoms with Crippen LogP contribution < -0.4 is 10.1 Å². The monoisotopic (exact) mass is 283 g/mol. The molecule has 0 saturated carbocycles. The predicted octanol–water partition coefficient (Wildman–Crippen LogP) is 1.52. The van der Waals surface area contributed by atoms with Gasteiger partial charge in [-0.1, -0.05) is 11.6 Å². The lowest BCUT2D eigenvalue weighted by molar-refractivity contribution is 0.234. The highest BCUT2D eigenvalue weighted by molar-refractivity contribution is 6.32. The standard InChI is InChI=1S/C11H14ClN5O2/c1-6-14-9(12)8(10(15-6)19-3)16-7(2)17-5-4-13-11(17)18/h4-5H2,1-3H3,(H,13,18)/b16-7+. The SMILES string of the molecule is COc1nc(C)nc(Cl)c1/N=C(\C)N1CCNC1=O. The average molecular weight is 284 g/mol. The van der Waals surface area contributed by atoms with Crippen LogP contribution in [0.5, 0.6) is 5.88 Å². The van der Waals surface area contributed by atoms with Gasteiger partial charge in [-0.2, -0.15) is 4.98 Å². The molecule has 0 spiro atoms. The van der Waals surface area contributed by atoms with Gasteiger partial charge < -0.3 is 10.1 Å². The van der Waals surface area contributed by atoms with Gasteiger partial charge >= 0.3 is 6.03 Å². The van der Waals surface area contributed by atoms with E-state index in [2.05, 4.69) is 20.3 Å². The van der Waals surface area contributed by atoms with Crippen molar-refractivity contribution < 1.29 is 9.53 Å². The number of aromatic nitrogens is 2. The number of rotatable bonds is 2. The molecule has 0 bridgehead atoms. The Hall–Kier alpha value is -1.89. The van der Waals surface area contributed by atoms with Crippen LogP contribution in [-0.4, -0.2) is 46.9 Å². The van der Waals surface area contributed by atoms with Crippen molar-refractivity contribution in [3.8, 4) is 5.88 Å². The second kappa shape index (κ2) is 5.40. The Morgan fingerprint density at radius 3 is 2.84 bits per heavy atom. The fourth-order valence-corrected chi connectivity index (χ4v) is 1.99. The van der Waals surface area contributed by atoms with Crippen LogP contribution in [-0.2, 0) is 0 Å². The van der Waals surface area contributed by atoms with Crippen molar-refractivity contribution in [1.29, 1.82) is 0 Å². The molecule has 7 nitrogen and oxygen atoms in total. The summed E-state index contributed by atoms with van der Waals surface area (Å²) in [5, 5.41) is 2.90. The fourth-order valence-electron chi connectivity index (χ4n) is 1.75. The molecule has 8 heteroatoms. The van der Waals surface area contributed by atoms with Gasteiger partial charge in [0.05, 0.1) is 7.11 Å². The zero-order valence-electron chi connectivity index (χ0n) is 10.9. The number of urea groups is 1. The first kappa shape index (κ1) is 13.5. The molecule has 0 atom stereocenters. The summed E-state index contributed by atoms with van der Waals surface area (Å²) in [4.78, 5) is 25.5. The van der Waals surface area contributed by atoms with E-state index in [-0.39, 0.29) is 17.1 Å². The van der Waals surface area contributed by atoms with Crippen LogP contribution in [0.1, 0.15) is 12.7 Å². The number of hydrogen-bond donors (Lipinski definition) is 1. The van der Waals surface area contributed by atoms with E-state index in [4.69, 9.17) is 16.3 Å². The number of carbonyl (C=O) groups is 1. The molecule has 2 heterocycles. The Morgan fingerprint density at radius 2 is 2.26 bits per heavy atom. The lowest BCUT2D eigenvalue weighted by Crippen LogP contribution is -2.32. The first-order valence-electron chi connectivity index (χ1n) is 5.71. The molecule has 0 aromatic carbocycles. The third-order valence-electron chi connectivity index (χ3n) is 2.64. The van der Waals surface area contributed by atoms with Crippen molar-refractivity contribution in [2.24, 2.45) is 4.99 Å². The Bertz CT molecular complexity index is 546. The van der Waals surface area contributed by atoms with Crippen molar-refractivity contribution >= 4 is 29.2 Å². The van der Waals surface area contributed by atoms with Gasteiger partial charge in [-0.25, -0.2) is 14.8 Å². The van der Waals surface area contributed by atoms with Gasteiger partial charge in [-0.3, -0.25) is 4.90 Å². The third kappa shape index (κ3) is 2.76. The van der Waals surface area contributed by atoms with Gasteiger partial charge in [0.15, 0.2) is 10.8 Å². The Balaban J connectivity index is 2.39. The summed E-state index contributed by atoms with van der Waals surface area (Å²) in [6, 6.07) is -0.177. The van der Waals surface area contributed by atoms with Crippen LogP contribution in [0.25, 0.3) is 0 Å². The first-order valence-corrected chi connectivity index (χ1v) is 6.09. The molecule has 0 radical (unpaired) electrons. The van der Waals surface area contributed by atoms with Crippen LogP contribution in [0.2, 0.25) is 5.15 Å². The molecule has 2 amide bonds. The van der Waals surface area contributed by atoms with Crippen molar-refractivity contribution in [1.82, 2.24) is 20.2 Å². The van der Waals surface area contributed by atoms with Crippen molar-refractivity contribution in [2.45, 2.75) is 13.8 Å². The summed E-state index contributed by atoms with van der Waals surface area (Å²) in [5.41, 5.74) is 0.326. The fraction of sp³-hybridized carbons (Fsp3) is 0.455.